The Morgan fingerprint density at radius 1 is 1.38 bits per heavy atom. The third-order valence-corrected chi connectivity index (χ3v) is 4.95. The molecule has 1 rings (SSSR count). The van der Waals surface area contributed by atoms with Crippen LogP contribution < -0.4 is 5.32 Å². The Morgan fingerprint density at radius 2 is 2.10 bits per heavy atom. The average Bonchev–Trinajstić information content (AvgIpc) is 2.84. The number of hydrogen-bond donors (Lipinski definition) is 1. The summed E-state index contributed by atoms with van der Waals surface area (Å²) in [4.78, 5) is 0.307. The van der Waals surface area contributed by atoms with Gasteiger partial charge in [-0.25, -0.2) is 8.42 Å². The van der Waals surface area contributed by atoms with Crippen molar-refractivity contribution in [1.29, 1.82) is 0 Å². The zero-order chi connectivity index (χ0) is 15.9. The zero-order valence-corrected chi connectivity index (χ0v) is 13.9. The van der Waals surface area contributed by atoms with Crippen molar-refractivity contribution < 1.29 is 8.42 Å². The van der Waals surface area contributed by atoms with Crippen molar-refractivity contribution in [2.75, 3.05) is 20.1 Å². The zero-order valence-electron chi connectivity index (χ0n) is 13.1. The molecule has 0 unspecified atom stereocenters. The van der Waals surface area contributed by atoms with Crippen LogP contribution in [0.5, 0.6) is 0 Å². The lowest BCUT2D eigenvalue weighted by atomic mass is 10.4. The average molecular weight is 311 g/mol. The molecule has 0 aliphatic rings. The minimum absolute atomic E-state index is 0.0741. The van der Waals surface area contributed by atoms with Gasteiger partial charge in [0.25, 0.3) is 0 Å². The maximum absolute atomic E-state index is 12.4. The molecular formula is C15H25N3O2S. The minimum atomic E-state index is -3.51. The Labute approximate surface area is 128 Å². The van der Waals surface area contributed by atoms with Gasteiger partial charge >= 0.3 is 0 Å². The number of nitrogens with zero attached hydrogens (tertiary/aromatic N) is 2. The number of sulfonamides is 1. The van der Waals surface area contributed by atoms with Crippen LogP contribution in [0.25, 0.3) is 0 Å². The molecule has 0 spiro atoms. The first kappa shape index (κ1) is 17.8. The second kappa shape index (κ2) is 8.23. The van der Waals surface area contributed by atoms with Crippen LogP contribution in [-0.2, 0) is 23.1 Å². The van der Waals surface area contributed by atoms with Gasteiger partial charge in [0, 0.05) is 32.0 Å². The van der Waals surface area contributed by atoms with E-state index in [0.717, 1.165) is 31.6 Å². The second-order valence-electron chi connectivity index (χ2n) is 5.00. The molecule has 0 bridgehead atoms. The van der Waals surface area contributed by atoms with Crippen LogP contribution in [0.1, 0.15) is 32.4 Å². The molecule has 21 heavy (non-hydrogen) atoms. The van der Waals surface area contributed by atoms with Gasteiger partial charge in [0.05, 0.1) is 6.54 Å². The molecule has 1 aromatic heterocycles. The summed E-state index contributed by atoms with van der Waals surface area (Å²) >= 11 is 0. The molecule has 0 radical (unpaired) electrons. The highest BCUT2D eigenvalue weighted by Gasteiger charge is 2.22. The standard InChI is InChI=1S/C15H25N3O2S/c1-5-8-16-12-14-11-15(13-18(14)10-7-3)21(19,20)17(4)9-6-2/h2,11,13,16H,5,7-10,12H2,1,3-4H3. The van der Waals surface area contributed by atoms with Gasteiger partial charge in [-0.1, -0.05) is 19.8 Å². The Kier molecular flexibility index (Phi) is 6.96. The summed E-state index contributed by atoms with van der Waals surface area (Å²) in [6.07, 6.45) is 8.90. The van der Waals surface area contributed by atoms with E-state index in [1.54, 1.807) is 12.3 Å². The third kappa shape index (κ3) is 4.60. The minimum Gasteiger partial charge on any atom is -0.349 e. The highest BCUT2D eigenvalue weighted by molar-refractivity contribution is 7.89. The number of aromatic nitrogens is 1. The van der Waals surface area contributed by atoms with E-state index in [2.05, 4.69) is 25.1 Å². The molecule has 1 aromatic rings. The van der Waals surface area contributed by atoms with Gasteiger partial charge in [-0.15, -0.1) is 6.42 Å². The monoisotopic (exact) mass is 311 g/mol. The Morgan fingerprint density at radius 3 is 2.67 bits per heavy atom. The van der Waals surface area contributed by atoms with Gasteiger partial charge in [0.2, 0.25) is 10.0 Å². The van der Waals surface area contributed by atoms with Crippen molar-refractivity contribution in [3.8, 4) is 12.3 Å². The van der Waals surface area contributed by atoms with Crippen molar-refractivity contribution >= 4 is 10.0 Å². The molecule has 0 aromatic carbocycles. The van der Waals surface area contributed by atoms with Crippen LogP contribution in [0.4, 0.5) is 0 Å². The number of rotatable bonds is 9. The van der Waals surface area contributed by atoms with Gasteiger partial charge in [-0.2, -0.15) is 4.31 Å². The van der Waals surface area contributed by atoms with Gasteiger partial charge in [0.1, 0.15) is 4.90 Å². The summed E-state index contributed by atoms with van der Waals surface area (Å²) < 4.78 is 28.0. The predicted molar refractivity (Wildman–Crippen MR) is 85.4 cm³/mol. The summed E-state index contributed by atoms with van der Waals surface area (Å²) in [6, 6.07) is 1.74. The molecule has 0 amide bonds. The smallest absolute Gasteiger partial charge is 0.245 e. The molecule has 0 saturated carbocycles. The highest BCUT2D eigenvalue weighted by atomic mass is 32.2. The van der Waals surface area contributed by atoms with Crippen molar-refractivity contribution in [3.05, 3.63) is 18.0 Å². The molecule has 1 heterocycles. The maximum Gasteiger partial charge on any atom is 0.245 e. The maximum atomic E-state index is 12.4. The molecular weight excluding hydrogens is 286 g/mol. The van der Waals surface area contributed by atoms with Crippen LogP contribution in [0, 0.1) is 12.3 Å². The van der Waals surface area contributed by atoms with E-state index in [1.807, 2.05) is 4.57 Å². The van der Waals surface area contributed by atoms with Crippen molar-refractivity contribution in [2.45, 2.75) is 44.7 Å². The second-order valence-corrected chi connectivity index (χ2v) is 7.05. The fourth-order valence-electron chi connectivity index (χ4n) is 2.05. The number of hydrogen-bond acceptors (Lipinski definition) is 3. The van der Waals surface area contributed by atoms with Crippen molar-refractivity contribution in [1.82, 2.24) is 14.2 Å². The topological polar surface area (TPSA) is 54.3 Å². The van der Waals surface area contributed by atoms with E-state index in [4.69, 9.17) is 6.42 Å². The molecule has 6 heteroatoms. The van der Waals surface area contributed by atoms with Crippen LogP contribution in [0.15, 0.2) is 17.2 Å². The molecule has 1 N–H and O–H groups in total. The first-order valence-corrected chi connectivity index (χ1v) is 8.70. The molecule has 118 valence electrons. The quantitative estimate of drug-likeness (QED) is 0.557. The molecule has 0 saturated heterocycles. The molecule has 0 aliphatic carbocycles. The SMILES string of the molecule is C#CCN(C)S(=O)(=O)c1cc(CNCCC)n(CCC)c1. The number of nitrogens with one attached hydrogen (secondary N) is 1. The number of aryl methyl sites for hydroxylation is 1. The first-order chi connectivity index (χ1) is 9.97. The van der Waals surface area contributed by atoms with Gasteiger partial charge in [-0.05, 0) is 25.5 Å². The fraction of sp³-hybridized carbons (Fsp3) is 0.600. The van der Waals surface area contributed by atoms with Gasteiger partial charge in [0.15, 0.2) is 0 Å². The van der Waals surface area contributed by atoms with Crippen LogP contribution in [0.3, 0.4) is 0 Å². The van der Waals surface area contributed by atoms with Crippen LogP contribution in [-0.4, -0.2) is 37.4 Å². The van der Waals surface area contributed by atoms with E-state index in [1.165, 1.54) is 11.4 Å². The van der Waals surface area contributed by atoms with E-state index in [-0.39, 0.29) is 6.54 Å². The predicted octanol–water partition coefficient (Wildman–Crippen LogP) is 1.65. The summed E-state index contributed by atoms with van der Waals surface area (Å²) in [6.45, 7) is 6.63. The lowest BCUT2D eigenvalue weighted by molar-refractivity contribution is 0.502. The molecule has 5 nitrogen and oxygen atoms in total. The van der Waals surface area contributed by atoms with Gasteiger partial charge < -0.3 is 9.88 Å². The fourth-order valence-corrected chi connectivity index (χ4v) is 3.20. The summed E-state index contributed by atoms with van der Waals surface area (Å²) in [5, 5.41) is 3.31. The van der Waals surface area contributed by atoms with Gasteiger partial charge in [-0.3, -0.25) is 0 Å². The Bertz CT molecular complexity index is 585. The van der Waals surface area contributed by atoms with Crippen molar-refractivity contribution in [3.63, 3.8) is 0 Å². The molecule has 0 aliphatic heterocycles. The van der Waals surface area contributed by atoms with E-state index >= 15 is 0 Å². The Hall–Kier alpha value is -1.29. The van der Waals surface area contributed by atoms with Crippen LogP contribution in [0.2, 0.25) is 0 Å². The largest absolute Gasteiger partial charge is 0.349 e. The normalized spacial score (nSPS) is 11.8. The summed E-state index contributed by atoms with van der Waals surface area (Å²) in [5.41, 5.74) is 0.984. The Balaban J connectivity index is 3.03. The first-order valence-electron chi connectivity index (χ1n) is 7.26. The molecule has 0 atom stereocenters. The van der Waals surface area contributed by atoms with Crippen molar-refractivity contribution in [2.24, 2.45) is 0 Å². The van der Waals surface area contributed by atoms with Crippen LogP contribution >= 0.6 is 0 Å². The summed E-state index contributed by atoms with van der Waals surface area (Å²) in [5.74, 6) is 2.36. The lowest BCUT2D eigenvalue weighted by Crippen LogP contribution is -2.26. The van der Waals surface area contributed by atoms with E-state index in [0.29, 0.717) is 11.4 Å². The van der Waals surface area contributed by atoms with E-state index in [9.17, 15) is 8.42 Å². The summed E-state index contributed by atoms with van der Waals surface area (Å²) in [7, 11) is -2.01. The molecule has 0 fully saturated rings. The van der Waals surface area contributed by atoms with E-state index < -0.39 is 10.0 Å². The number of terminal acetylenes is 1. The third-order valence-electron chi connectivity index (χ3n) is 3.18. The highest BCUT2D eigenvalue weighted by Crippen LogP contribution is 2.18. The lowest BCUT2D eigenvalue weighted by Gasteiger charge is -2.12.